The zero-order chi connectivity index (χ0) is 43.8. The van der Waals surface area contributed by atoms with E-state index < -0.39 is 0 Å². The molecule has 0 atom stereocenters. The summed E-state index contributed by atoms with van der Waals surface area (Å²) in [6.45, 7) is 0. The molecule has 0 fully saturated rings. The van der Waals surface area contributed by atoms with Gasteiger partial charge in [0.2, 0.25) is 0 Å². The van der Waals surface area contributed by atoms with E-state index in [1.165, 1.54) is 119 Å². The van der Waals surface area contributed by atoms with Gasteiger partial charge >= 0.3 is 0 Å². The third kappa shape index (κ3) is 7.00. The maximum Gasteiger partial charge on any atom is 0.0456 e. The molecule has 0 unspecified atom stereocenters. The van der Waals surface area contributed by atoms with Crippen molar-refractivity contribution < 1.29 is 0 Å². The minimum Gasteiger partial charge on any atom is -0.134 e. The monoisotopic (exact) mass is 874 g/mol. The number of hydrogen-bond donors (Lipinski definition) is 0. The van der Waals surface area contributed by atoms with E-state index in [1.807, 2.05) is 22.7 Å². The Morgan fingerprint density at radius 2 is 0.364 bits per heavy atom. The van der Waals surface area contributed by atoms with Gasteiger partial charge in [-0.05, 0) is 90.0 Å². The van der Waals surface area contributed by atoms with Crippen molar-refractivity contribution in [2.75, 3.05) is 0 Å². The van der Waals surface area contributed by atoms with Crippen LogP contribution < -0.4 is 0 Å². The van der Waals surface area contributed by atoms with E-state index >= 15 is 0 Å². The van der Waals surface area contributed by atoms with Crippen molar-refractivity contribution in [3.63, 3.8) is 0 Å². The van der Waals surface area contributed by atoms with E-state index in [2.05, 4.69) is 255 Å². The summed E-state index contributed by atoms with van der Waals surface area (Å²) in [5, 5.41) is 2.52. The molecule has 0 saturated heterocycles. The average molecular weight is 875 g/mol. The molecule has 2 aromatic heterocycles. The van der Waals surface area contributed by atoms with Crippen molar-refractivity contribution in [1.82, 2.24) is 0 Å². The maximum absolute atomic E-state index is 2.50. The minimum atomic E-state index is 1.20. The fourth-order valence-electron chi connectivity index (χ4n) is 9.91. The lowest BCUT2D eigenvalue weighted by Crippen LogP contribution is -1.95. The first-order valence-electron chi connectivity index (χ1n) is 22.5. The first kappa shape index (κ1) is 39.7. The minimum absolute atomic E-state index is 1.20. The first-order chi connectivity index (χ1) is 32.8. The van der Waals surface area contributed by atoms with Crippen LogP contribution in [0.4, 0.5) is 0 Å². The van der Waals surface area contributed by atoms with Crippen molar-refractivity contribution in [3.8, 4) is 98.8 Å². The molecule has 66 heavy (non-hydrogen) atoms. The van der Waals surface area contributed by atoms with Crippen molar-refractivity contribution in [2.45, 2.75) is 0 Å². The zero-order valence-corrected chi connectivity index (χ0v) is 37.7. The van der Waals surface area contributed by atoms with E-state index in [9.17, 15) is 0 Å². The second-order valence-corrected chi connectivity index (χ2v) is 18.7. The molecule has 12 aromatic rings. The van der Waals surface area contributed by atoms with Crippen molar-refractivity contribution in [3.05, 3.63) is 255 Å². The second kappa shape index (κ2) is 17.3. The molecule has 0 aliphatic rings. The quantitative estimate of drug-likeness (QED) is 0.136. The predicted molar refractivity (Wildman–Crippen MR) is 286 cm³/mol. The largest absolute Gasteiger partial charge is 0.134 e. The number of benzene rings is 10. The first-order valence-corrected chi connectivity index (χ1v) is 24.1. The molecule has 0 saturated carbocycles. The van der Waals surface area contributed by atoms with Crippen LogP contribution in [0.1, 0.15) is 0 Å². The Morgan fingerprint density at radius 1 is 0.182 bits per heavy atom. The summed E-state index contributed by atoms with van der Waals surface area (Å²) in [5.41, 5.74) is 19.7. The van der Waals surface area contributed by atoms with Gasteiger partial charge in [0.15, 0.2) is 0 Å². The Bertz CT molecular complexity index is 3130. The lowest BCUT2D eigenvalue weighted by atomic mass is 9.81. The highest BCUT2D eigenvalue weighted by Crippen LogP contribution is 2.57. The van der Waals surface area contributed by atoms with Crippen LogP contribution in [0.2, 0.25) is 0 Å². The number of rotatable bonds is 9. The number of fused-ring (bicyclic) bond motifs is 2. The summed E-state index contributed by atoms with van der Waals surface area (Å²) in [6, 6.07) is 93.2. The summed E-state index contributed by atoms with van der Waals surface area (Å²) in [5.74, 6) is 0. The number of thiophene rings is 2. The fourth-order valence-corrected chi connectivity index (χ4v) is 12.5. The van der Waals surface area contributed by atoms with E-state index in [1.54, 1.807) is 0 Å². The molecule has 10 aromatic carbocycles. The van der Waals surface area contributed by atoms with Gasteiger partial charge in [-0.2, -0.15) is 0 Å². The van der Waals surface area contributed by atoms with Gasteiger partial charge in [0, 0.05) is 41.1 Å². The SMILES string of the molecule is c1ccc(-c2c(-c3ccccc3)c(-c3ccccc3)c3sc(-c4cc5c(-c6ccccc6)c(-c6ccccc6)c(-c6ccccc6)c(-c6ccccc6)c5s4)cc3c2-c2ccccc2)cc1. The molecule has 2 heteroatoms. The van der Waals surface area contributed by atoms with Crippen molar-refractivity contribution in [1.29, 1.82) is 0 Å². The summed E-state index contributed by atoms with van der Waals surface area (Å²) in [6.07, 6.45) is 0. The molecule has 0 radical (unpaired) electrons. The van der Waals surface area contributed by atoms with Crippen LogP contribution in [0, 0.1) is 0 Å². The Labute approximate surface area is 394 Å². The van der Waals surface area contributed by atoms with Crippen LogP contribution in [0.25, 0.3) is 119 Å². The molecule has 2 heterocycles. The van der Waals surface area contributed by atoms with Crippen LogP contribution in [0.15, 0.2) is 255 Å². The summed E-state index contributed by atoms with van der Waals surface area (Å²) >= 11 is 3.85. The predicted octanol–water partition coefficient (Wildman–Crippen LogP) is 19.1. The Balaban J connectivity index is 1.25. The van der Waals surface area contributed by atoms with Crippen LogP contribution in [0.5, 0.6) is 0 Å². The number of hydrogen-bond acceptors (Lipinski definition) is 2. The smallest absolute Gasteiger partial charge is 0.0456 e. The van der Waals surface area contributed by atoms with Crippen molar-refractivity contribution >= 4 is 42.8 Å². The van der Waals surface area contributed by atoms with Crippen molar-refractivity contribution in [2.24, 2.45) is 0 Å². The summed E-state index contributed by atoms with van der Waals surface area (Å²) in [7, 11) is 0. The van der Waals surface area contributed by atoms with E-state index in [4.69, 9.17) is 0 Å². The Kier molecular flexibility index (Phi) is 10.4. The third-order valence-electron chi connectivity index (χ3n) is 12.7. The van der Waals surface area contributed by atoms with Crippen LogP contribution in [-0.2, 0) is 0 Å². The van der Waals surface area contributed by atoms with Gasteiger partial charge in [-0.1, -0.05) is 243 Å². The van der Waals surface area contributed by atoms with Gasteiger partial charge in [0.1, 0.15) is 0 Å². The summed E-state index contributed by atoms with van der Waals surface area (Å²) < 4.78 is 2.57. The van der Waals surface area contributed by atoms with E-state index in [-0.39, 0.29) is 0 Å². The van der Waals surface area contributed by atoms with Crippen LogP contribution >= 0.6 is 22.7 Å². The molecular formula is C64H42S2. The molecule has 0 bridgehead atoms. The molecule has 0 amide bonds. The highest BCUT2D eigenvalue weighted by Gasteiger charge is 2.29. The normalized spacial score (nSPS) is 11.3. The van der Waals surface area contributed by atoms with Gasteiger partial charge in [0.25, 0.3) is 0 Å². The molecule has 0 aliphatic carbocycles. The van der Waals surface area contributed by atoms with E-state index in [0.717, 1.165) is 0 Å². The summed E-state index contributed by atoms with van der Waals surface area (Å²) in [4.78, 5) is 2.51. The third-order valence-corrected chi connectivity index (χ3v) is 15.2. The van der Waals surface area contributed by atoms with Gasteiger partial charge in [-0.3, -0.25) is 0 Å². The lowest BCUT2D eigenvalue weighted by molar-refractivity contribution is 1.58. The average Bonchev–Trinajstić information content (AvgIpc) is 4.05. The molecule has 0 nitrogen and oxygen atoms in total. The molecule has 0 N–H and O–H groups in total. The Morgan fingerprint density at radius 3 is 0.591 bits per heavy atom. The molecule has 310 valence electrons. The molecular weight excluding hydrogens is 833 g/mol. The maximum atomic E-state index is 2.50. The molecule has 0 spiro atoms. The van der Waals surface area contributed by atoms with Gasteiger partial charge in [0.05, 0.1) is 0 Å². The van der Waals surface area contributed by atoms with Gasteiger partial charge < -0.3 is 0 Å². The van der Waals surface area contributed by atoms with Crippen LogP contribution in [-0.4, -0.2) is 0 Å². The lowest BCUT2D eigenvalue weighted by Gasteiger charge is -2.22. The molecule has 0 aliphatic heterocycles. The highest BCUT2D eigenvalue weighted by atomic mass is 32.1. The standard InChI is InChI=1S/C64H42S2/c1-9-25-43(26-10-1)55-51-41-53(65-63(51)61(49-37-21-7-22-38-49)59(47-33-17-5-18-34-47)57(55)45-29-13-3-14-30-45)54-42-52-56(44-27-11-2-12-28-44)58(46-31-15-4-16-32-46)60(48-35-19-6-20-36-48)62(64(52)66-54)50-39-23-8-24-40-50/h1-42H. The van der Waals surface area contributed by atoms with Gasteiger partial charge in [-0.25, -0.2) is 0 Å². The topological polar surface area (TPSA) is 0 Å². The zero-order valence-electron chi connectivity index (χ0n) is 36.1. The second-order valence-electron chi connectivity index (χ2n) is 16.6. The Hall–Kier alpha value is -7.88. The van der Waals surface area contributed by atoms with Crippen LogP contribution in [0.3, 0.4) is 0 Å². The highest BCUT2D eigenvalue weighted by molar-refractivity contribution is 7.29. The molecule has 12 rings (SSSR count). The van der Waals surface area contributed by atoms with E-state index in [0.29, 0.717) is 0 Å². The van der Waals surface area contributed by atoms with Gasteiger partial charge in [-0.15, -0.1) is 22.7 Å². The fraction of sp³-hybridized carbons (Fsp3) is 0.